The fourth-order valence-corrected chi connectivity index (χ4v) is 0.966. The van der Waals surface area contributed by atoms with Gasteiger partial charge in [-0.1, -0.05) is 0 Å². The van der Waals surface area contributed by atoms with E-state index >= 15 is 0 Å². The van der Waals surface area contributed by atoms with Gasteiger partial charge in [-0.15, -0.1) is 0 Å². The van der Waals surface area contributed by atoms with E-state index in [-0.39, 0.29) is 0 Å². The zero-order chi connectivity index (χ0) is 8.97. The Balaban J connectivity index is 3.01. The molecule has 0 aliphatic rings. The van der Waals surface area contributed by atoms with Crippen molar-refractivity contribution in [2.45, 2.75) is 13.8 Å². The number of aryl methyl sites for hydroxylation is 1. The number of aromatic nitrogens is 1. The van der Waals surface area contributed by atoms with E-state index in [1.165, 1.54) is 0 Å². The largest absolute Gasteiger partial charge is 0.385 e. The summed E-state index contributed by atoms with van der Waals surface area (Å²) in [6.07, 6.45) is 1.70. The highest BCUT2D eigenvalue weighted by atomic mass is 14.9. The molecule has 0 atom stereocenters. The summed E-state index contributed by atoms with van der Waals surface area (Å²) in [4.78, 5) is 3.94. The van der Waals surface area contributed by atoms with Crippen LogP contribution in [0.25, 0.3) is 0 Å². The Labute approximate surface area is 72.1 Å². The molecule has 12 heavy (non-hydrogen) atoms. The van der Waals surface area contributed by atoms with E-state index in [1.807, 2.05) is 19.9 Å². The van der Waals surface area contributed by atoms with Crippen LogP contribution in [0.1, 0.15) is 18.2 Å². The fraction of sp³-hybridized carbons (Fsp3) is 0.333. The summed E-state index contributed by atoms with van der Waals surface area (Å²) in [5.41, 5.74) is 2.51. The van der Waals surface area contributed by atoms with E-state index < -0.39 is 0 Å². The van der Waals surface area contributed by atoms with Crippen LogP contribution in [-0.2, 0) is 0 Å². The molecule has 0 amide bonds. The normalized spacial score (nSPS) is 9.08. The number of nitrogens with zero attached hydrogens (tertiary/aromatic N) is 2. The third-order valence-electron chi connectivity index (χ3n) is 1.58. The van der Waals surface area contributed by atoms with Crippen LogP contribution in [-0.4, -0.2) is 11.5 Å². The van der Waals surface area contributed by atoms with Crippen molar-refractivity contribution in [3.63, 3.8) is 0 Å². The van der Waals surface area contributed by atoms with E-state index in [0.717, 1.165) is 17.8 Å². The summed E-state index contributed by atoms with van der Waals surface area (Å²) in [5, 5.41) is 11.7. The van der Waals surface area contributed by atoms with Crippen LogP contribution in [0.2, 0.25) is 0 Å². The fourth-order valence-electron chi connectivity index (χ4n) is 0.966. The van der Waals surface area contributed by atoms with Crippen molar-refractivity contribution in [1.29, 1.82) is 5.26 Å². The summed E-state index contributed by atoms with van der Waals surface area (Å²) >= 11 is 0. The molecule has 1 heterocycles. The van der Waals surface area contributed by atoms with Gasteiger partial charge in [-0.25, -0.2) is 4.98 Å². The van der Waals surface area contributed by atoms with E-state index in [0.29, 0.717) is 5.69 Å². The second-order valence-electron chi connectivity index (χ2n) is 2.53. The first-order valence-corrected chi connectivity index (χ1v) is 3.88. The van der Waals surface area contributed by atoms with Gasteiger partial charge in [-0.3, -0.25) is 0 Å². The van der Waals surface area contributed by atoms with Crippen LogP contribution in [0.4, 0.5) is 5.69 Å². The van der Waals surface area contributed by atoms with E-state index in [1.54, 1.807) is 12.3 Å². The minimum absolute atomic E-state index is 0.455. The predicted octanol–water partition coefficient (Wildman–Crippen LogP) is 1.69. The summed E-state index contributed by atoms with van der Waals surface area (Å²) in [6.45, 7) is 4.84. The summed E-state index contributed by atoms with van der Waals surface area (Å²) in [6, 6.07) is 3.76. The van der Waals surface area contributed by atoms with Gasteiger partial charge in [0.2, 0.25) is 0 Å². The van der Waals surface area contributed by atoms with Crippen LogP contribution in [0, 0.1) is 18.3 Å². The molecular formula is C9H11N3. The predicted molar refractivity (Wildman–Crippen MR) is 47.9 cm³/mol. The highest BCUT2D eigenvalue weighted by Crippen LogP contribution is 2.13. The summed E-state index contributed by atoms with van der Waals surface area (Å²) < 4.78 is 0. The lowest BCUT2D eigenvalue weighted by Gasteiger charge is -2.05. The van der Waals surface area contributed by atoms with Gasteiger partial charge in [0.05, 0.1) is 0 Å². The smallest absolute Gasteiger partial charge is 0.142 e. The first-order valence-electron chi connectivity index (χ1n) is 3.88. The van der Waals surface area contributed by atoms with E-state index in [9.17, 15) is 0 Å². The Kier molecular flexibility index (Phi) is 2.65. The minimum Gasteiger partial charge on any atom is -0.385 e. The molecule has 0 bridgehead atoms. The van der Waals surface area contributed by atoms with Gasteiger partial charge in [0, 0.05) is 18.4 Å². The van der Waals surface area contributed by atoms with Gasteiger partial charge in [0.25, 0.3) is 0 Å². The van der Waals surface area contributed by atoms with E-state index in [4.69, 9.17) is 5.26 Å². The first kappa shape index (κ1) is 8.54. The van der Waals surface area contributed by atoms with Crippen LogP contribution in [0.3, 0.4) is 0 Å². The topological polar surface area (TPSA) is 48.7 Å². The molecule has 0 unspecified atom stereocenters. The van der Waals surface area contributed by atoms with Crippen molar-refractivity contribution in [2.24, 2.45) is 0 Å². The third-order valence-corrected chi connectivity index (χ3v) is 1.58. The monoisotopic (exact) mass is 161 g/mol. The molecule has 0 spiro atoms. The highest BCUT2D eigenvalue weighted by molar-refractivity contribution is 5.52. The molecule has 1 aromatic rings. The molecule has 3 heteroatoms. The van der Waals surface area contributed by atoms with E-state index in [2.05, 4.69) is 10.3 Å². The highest BCUT2D eigenvalue weighted by Gasteiger charge is 1.98. The maximum Gasteiger partial charge on any atom is 0.142 e. The molecule has 0 fully saturated rings. The minimum atomic E-state index is 0.455. The van der Waals surface area contributed by atoms with Crippen LogP contribution in [0.5, 0.6) is 0 Å². The summed E-state index contributed by atoms with van der Waals surface area (Å²) in [7, 11) is 0. The average Bonchev–Trinajstić information content (AvgIpc) is 2.09. The zero-order valence-corrected chi connectivity index (χ0v) is 7.26. The lowest BCUT2D eigenvalue weighted by molar-refractivity contribution is 1.16. The SMILES string of the molecule is CCNc1cc(C#N)ncc1C. The van der Waals surface area contributed by atoms with Crippen molar-refractivity contribution in [3.8, 4) is 6.07 Å². The number of hydrogen-bond acceptors (Lipinski definition) is 3. The lowest BCUT2D eigenvalue weighted by atomic mass is 10.2. The maximum atomic E-state index is 8.58. The van der Waals surface area contributed by atoms with Crippen molar-refractivity contribution in [3.05, 3.63) is 23.5 Å². The average molecular weight is 161 g/mol. The summed E-state index contributed by atoms with van der Waals surface area (Å²) in [5.74, 6) is 0. The molecule has 62 valence electrons. The number of pyridine rings is 1. The second kappa shape index (κ2) is 3.72. The third kappa shape index (κ3) is 1.73. The van der Waals surface area contributed by atoms with Crippen molar-refractivity contribution >= 4 is 5.69 Å². The van der Waals surface area contributed by atoms with Crippen LogP contribution in [0.15, 0.2) is 12.3 Å². The Morgan fingerprint density at radius 3 is 3.00 bits per heavy atom. The molecule has 0 aliphatic carbocycles. The molecule has 1 N–H and O–H groups in total. The van der Waals surface area contributed by atoms with Gasteiger partial charge in [0.1, 0.15) is 11.8 Å². The van der Waals surface area contributed by atoms with Gasteiger partial charge >= 0.3 is 0 Å². The number of anilines is 1. The van der Waals surface area contributed by atoms with Gasteiger partial charge in [-0.2, -0.15) is 5.26 Å². The number of rotatable bonds is 2. The Morgan fingerprint density at radius 1 is 1.67 bits per heavy atom. The van der Waals surface area contributed by atoms with Crippen LogP contribution >= 0.6 is 0 Å². The molecule has 0 radical (unpaired) electrons. The van der Waals surface area contributed by atoms with Gasteiger partial charge < -0.3 is 5.32 Å². The number of nitrogens with one attached hydrogen (secondary N) is 1. The van der Waals surface area contributed by atoms with Gasteiger partial charge in [0.15, 0.2) is 0 Å². The molecule has 1 aromatic heterocycles. The number of nitriles is 1. The molecular weight excluding hydrogens is 150 g/mol. The lowest BCUT2D eigenvalue weighted by Crippen LogP contribution is -2.00. The molecule has 0 aliphatic heterocycles. The zero-order valence-electron chi connectivity index (χ0n) is 7.26. The molecule has 0 saturated carbocycles. The van der Waals surface area contributed by atoms with Crippen molar-refractivity contribution < 1.29 is 0 Å². The Morgan fingerprint density at radius 2 is 2.42 bits per heavy atom. The standard InChI is InChI=1S/C9H11N3/c1-3-11-9-4-8(5-10)12-6-7(9)2/h4,6H,3H2,1-2H3,(H,11,12). The number of hydrogen-bond donors (Lipinski definition) is 1. The molecule has 0 saturated heterocycles. The Bertz CT molecular complexity index is 312. The second-order valence-corrected chi connectivity index (χ2v) is 2.53. The van der Waals surface area contributed by atoms with Crippen molar-refractivity contribution in [2.75, 3.05) is 11.9 Å². The quantitative estimate of drug-likeness (QED) is 0.718. The first-order chi connectivity index (χ1) is 5.77. The molecule has 0 aromatic carbocycles. The maximum absolute atomic E-state index is 8.58. The van der Waals surface area contributed by atoms with Crippen LogP contribution < -0.4 is 5.32 Å². The Hall–Kier alpha value is -1.56. The molecule has 1 rings (SSSR count). The molecule has 3 nitrogen and oxygen atoms in total. The van der Waals surface area contributed by atoms with Gasteiger partial charge in [-0.05, 0) is 25.5 Å². The van der Waals surface area contributed by atoms with Crippen molar-refractivity contribution in [1.82, 2.24) is 4.98 Å².